The molecule has 3 aromatic heterocycles. The molecule has 0 bridgehead atoms. The quantitative estimate of drug-likeness (QED) is 0.445. The number of methoxy groups -OCH3 is 1. The lowest BCUT2D eigenvalue weighted by Gasteiger charge is -2.16. The average molecular weight is 486 g/mol. The molecule has 1 aromatic carbocycles. The Labute approximate surface area is 207 Å². The number of hydrogen-bond donors (Lipinski definition) is 1. The Morgan fingerprint density at radius 3 is 2.74 bits per heavy atom. The maximum absolute atomic E-state index is 12.5. The second-order valence-corrected chi connectivity index (χ2v) is 9.44. The number of carbonyl (C=O) groups is 2. The van der Waals surface area contributed by atoms with Crippen molar-refractivity contribution in [2.45, 2.75) is 12.8 Å². The number of amides is 2. The van der Waals surface area contributed by atoms with Crippen molar-refractivity contribution in [3.8, 4) is 27.5 Å². The molecule has 2 amide bonds. The number of aromatic nitrogens is 4. The third-order valence-corrected chi connectivity index (χ3v) is 6.93. The highest BCUT2D eigenvalue weighted by molar-refractivity contribution is 7.19. The number of hydrogen-bond acceptors (Lipinski definition) is 7. The number of thiazole rings is 1. The minimum absolute atomic E-state index is 0.0542. The second-order valence-electron chi connectivity index (χ2n) is 8.44. The van der Waals surface area contributed by atoms with Crippen LogP contribution in [-0.2, 0) is 17.6 Å². The Balaban J connectivity index is 1.69. The van der Waals surface area contributed by atoms with Gasteiger partial charge in [-0.25, -0.2) is 14.5 Å². The number of rotatable bonds is 4. The van der Waals surface area contributed by atoms with Crippen molar-refractivity contribution in [2.75, 3.05) is 26.5 Å². The van der Waals surface area contributed by atoms with E-state index in [4.69, 9.17) is 9.84 Å². The van der Waals surface area contributed by atoms with Gasteiger partial charge >= 0.3 is 6.09 Å². The molecule has 0 fully saturated rings. The summed E-state index contributed by atoms with van der Waals surface area (Å²) >= 11 is 1.40. The van der Waals surface area contributed by atoms with Crippen molar-refractivity contribution in [3.05, 3.63) is 59.5 Å². The van der Waals surface area contributed by atoms with E-state index < -0.39 is 6.09 Å². The number of carbonyl (C=O) groups excluding carboxylic acids is 2. The topological polar surface area (TPSA) is 102 Å². The van der Waals surface area contributed by atoms with Gasteiger partial charge in [0, 0.05) is 43.2 Å². The summed E-state index contributed by atoms with van der Waals surface area (Å²) in [6.45, 7) is 0. The van der Waals surface area contributed by atoms with Crippen LogP contribution < -0.4 is 10.8 Å². The Kier molecular flexibility index (Phi) is 5.85. The van der Waals surface area contributed by atoms with Crippen molar-refractivity contribution < 1.29 is 14.3 Å². The van der Waals surface area contributed by atoms with E-state index in [-0.39, 0.29) is 5.91 Å². The first-order chi connectivity index (χ1) is 16.9. The molecule has 4 aromatic rings. The van der Waals surface area contributed by atoms with Gasteiger partial charge in [-0.3, -0.25) is 15.1 Å². The van der Waals surface area contributed by atoms with Crippen LogP contribution in [0.5, 0.6) is 0 Å². The van der Waals surface area contributed by atoms with Crippen molar-refractivity contribution in [3.63, 3.8) is 0 Å². The molecule has 5 rings (SSSR count). The van der Waals surface area contributed by atoms with Crippen LogP contribution in [0, 0.1) is 0 Å². The van der Waals surface area contributed by atoms with Gasteiger partial charge in [-0.1, -0.05) is 22.9 Å². The predicted molar refractivity (Wildman–Crippen MR) is 138 cm³/mol. The Hall–Kier alpha value is -3.99. The van der Waals surface area contributed by atoms with Gasteiger partial charge in [0.2, 0.25) is 0 Å². The van der Waals surface area contributed by atoms with Crippen LogP contribution in [-0.4, -0.2) is 65.7 Å². The third kappa shape index (κ3) is 4.08. The van der Waals surface area contributed by atoms with Gasteiger partial charge in [-0.05, 0) is 37.1 Å². The van der Waals surface area contributed by atoms with Crippen LogP contribution in [0.1, 0.15) is 21.6 Å². The number of pyridine rings is 1. The molecule has 35 heavy (non-hydrogen) atoms. The van der Waals surface area contributed by atoms with Gasteiger partial charge < -0.3 is 9.64 Å². The fraction of sp³-hybridized carbons (Fsp3) is 0.208. The molecule has 176 valence electrons. The predicted octanol–water partition coefficient (Wildman–Crippen LogP) is 2.29. The lowest BCUT2D eigenvalue weighted by molar-refractivity contribution is 0.0827. The molecule has 1 aliphatic rings. The molecule has 11 heteroatoms. The number of ether oxygens (including phenoxy) is 1. The summed E-state index contributed by atoms with van der Waals surface area (Å²) in [6, 6.07) is 9.53. The number of nitrogens with one attached hydrogen (secondary N) is 1. The first-order valence-corrected chi connectivity index (χ1v) is 11.9. The number of aryl methyl sites for hydroxylation is 1. The molecule has 9 nitrogen and oxygen atoms in total. The summed E-state index contributed by atoms with van der Waals surface area (Å²) in [6.07, 6.45) is 4.48. The van der Waals surface area contributed by atoms with E-state index >= 15 is 0 Å². The number of fused-ring (bicyclic) bond motifs is 3. The van der Waals surface area contributed by atoms with E-state index in [1.807, 2.05) is 49.1 Å². The Morgan fingerprint density at radius 1 is 1.23 bits per heavy atom. The zero-order valence-electron chi connectivity index (χ0n) is 19.8. The molecule has 1 aliphatic carbocycles. The molecule has 0 aliphatic heterocycles. The fourth-order valence-corrected chi connectivity index (χ4v) is 5.31. The number of benzene rings is 1. The van der Waals surface area contributed by atoms with Gasteiger partial charge in [0.25, 0.3) is 5.91 Å². The molecule has 0 atom stereocenters. The SMILES string of the molecule is Bc1cc(C(=O)N(C)C)ccc1-n1nc(-c2cccnc2)c2c1-c1sc(NC(=O)OC)nc1CC2. The highest BCUT2D eigenvalue weighted by Gasteiger charge is 2.30. The standard InChI is InChI=1S/C24H23BN6O3S/c1-30(2)22(32)13-6-9-18(16(25)11-13)31-20-15(19(29-31)14-5-4-10-26-12-14)7-8-17-21(20)35-23(27-17)28-24(33)34-3/h4-6,9-12H,7-8,25H2,1-3H3,(H,27,28,33). The summed E-state index contributed by atoms with van der Waals surface area (Å²) in [4.78, 5) is 35.7. The minimum Gasteiger partial charge on any atom is -0.453 e. The van der Waals surface area contributed by atoms with E-state index in [1.165, 1.54) is 18.4 Å². The van der Waals surface area contributed by atoms with Gasteiger partial charge in [0.1, 0.15) is 7.85 Å². The molecule has 0 unspecified atom stereocenters. The maximum atomic E-state index is 12.5. The first kappa shape index (κ1) is 22.8. The van der Waals surface area contributed by atoms with E-state index in [2.05, 4.69) is 15.3 Å². The highest BCUT2D eigenvalue weighted by Crippen LogP contribution is 2.43. The zero-order chi connectivity index (χ0) is 24.7. The third-order valence-electron chi connectivity index (χ3n) is 5.92. The van der Waals surface area contributed by atoms with E-state index in [9.17, 15) is 9.59 Å². The van der Waals surface area contributed by atoms with E-state index in [1.54, 1.807) is 25.2 Å². The van der Waals surface area contributed by atoms with Crippen LogP contribution in [0.2, 0.25) is 0 Å². The van der Waals surface area contributed by atoms with Crippen LogP contribution in [0.3, 0.4) is 0 Å². The van der Waals surface area contributed by atoms with Crippen molar-refractivity contribution in [1.82, 2.24) is 24.6 Å². The summed E-state index contributed by atoms with van der Waals surface area (Å²) in [5.74, 6) is -0.0542. The van der Waals surface area contributed by atoms with Crippen molar-refractivity contribution in [1.29, 1.82) is 0 Å². The number of anilines is 1. The molecular weight excluding hydrogens is 463 g/mol. The molecule has 0 saturated carbocycles. The maximum Gasteiger partial charge on any atom is 0.413 e. The molecule has 0 spiro atoms. The molecule has 0 radical (unpaired) electrons. The largest absolute Gasteiger partial charge is 0.453 e. The fourth-order valence-electron chi connectivity index (χ4n) is 4.26. The van der Waals surface area contributed by atoms with Crippen molar-refractivity contribution in [2.24, 2.45) is 0 Å². The van der Waals surface area contributed by atoms with Crippen LogP contribution >= 0.6 is 11.3 Å². The zero-order valence-corrected chi connectivity index (χ0v) is 20.6. The smallest absolute Gasteiger partial charge is 0.413 e. The van der Waals surface area contributed by atoms with Gasteiger partial charge in [-0.2, -0.15) is 5.10 Å². The molecule has 1 N–H and O–H groups in total. The Morgan fingerprint density at radius 2 is 2.06 bits per heavy atom. The summed E-state index contributed by atoms with van der Waals surface area (Å²) in [7, 11) is 6.77. The summed E-state index contributed by atoms with van der Waals surface area (Å²) in [5, 5.41) is 8.20. The lowest BCUT2D eigenvalue weighted by Crippen LogP contribution is -2.24. The normalized spacial score (nSPS) is 12.0. The number of nitrogens with zero attached hydrogens (tertiary/aromatic N) is 5. The molecular formula is C24H23BN6O3S. The summed E-state index contributed by atoms with van der Waals surface area (Å²) in [5.41, 5.74) is 7.16. The van der Waals surface area contributed by atoms with E-state index in [0.29, 0.717) is 10.7 Å². The van der Waals surface area contributed by atoms with Gasteiger partial charge in [0.05, 0.1) is 34.8 Å². The van der Waals surface area contributed by atoms with Gasteiger partial charge in [0.15, 0.2) is 5.13 Å². The minimum atomic E-state index is -0.558. The lowest BCUT2D eigenvalue weighted by atomic mass is 9.91. The average Bonchev–Trinajstić information content (AvgIpc) is 3.44. The van der Waals surface area contributed by atoms with Crippen molar-refractivity contribution >= 4 is 41.8 Å². The molecule has 3 heterocycles. The van der Waals surface area contributed by atoms with E-state index in [0.717, 1.165) is 57.1 Å². The summed E-state index contributed by atoms with van der Waals surface area (Å²) < 4.78 is 6.66. The molecule has 0 saturated heterocycles. The monoisotopic (exact) mass is 486 g/mol. The second kappa shape index (κ2) is 8.99. The highest BCUT2D eigenvalue weighted by atomic mass is 32.1. The van der Waals surface area contributed by atoms with Crippen LogP contribution in [0.15, 0.2) is 42.7 Å². The van der Waals surface area contributed by atoms with Crippen LogP contribution in [0.25, 0.3) is 27.5 Å². The Bertz CT molecular complexity index is 1450. The van der Waals surface area contributed by atoms with Crippen LogP contribution in [0.4, 0.5) is 9.93 Å². The first-order valence-electron chi connectivity index (χ1n) is 11.1. The van der Waals surface area contributed by atoms with Gasteiger partial charge in [-0.15, -0.1) is 0 Å².